The molecule has 3 aliphatic rings. The Labute approximate surface area is 183 Å². The molecule has 0 saturated carbocycles. The Kier molecular flexibility index (Phi) is 8.61. The van der Waals surface area contributed by atoms with Gasteiger partial charge in [0.1, 0.15) is 5.82 Å². The van der Waals surface area contributed by atoms with Gasteiger partial charge in [-0.2, -0.15) is 0 Å². The van der Waals surface area contributed by atoms with Crippen molar-refractivity contribution in [2.24, 2.45) is 11.8 Å². The van der Waals surface area contributed by atoms with Gasteiger partial charge >= 0.3 is 5.70 Å². The monoisotopic (exact) mass is 410 g/mol. The number of nitriles is 1. The topological polar surface area (TPSA) is 41.1 Å². The molecule has 0 amide bonds. The number of piperidine rings is 1. The van der Waals surface area contributed by atoms with Gasteiger partial charge in [0.15, 0.2) is 0 Å². The van der Waals surface area contributed by atoms with Crippen molar-refractivity contribution in [1.82, 2.24) is 19.6 Å². The molecule has 3 heterocycles. The minimum absolute atomic E-state index is 0.258. The summed E-state index contributed by atoms with van der Waals surface area (Å²) in [4.78, 5) is 13.2. The van der Waals surface area contributed by atoms with Crippen LogP contribution in [0.3, 0.4) is 0 Å². The van der Waals surface area contributed by atoms with Crippen molar-refractivity contribution in [2.75, 3.05) is 65.4 Å². The summed E-state index contributed by atoms with van der Waals surface area (Å²) in [6, 6.07) is 2.16. The third-order valence-electron chi connectivity index (χ3n) is 6.56. The smallest absolute Gasteiger partial charge is 0.300 e. The molecule has 0 aromatic heterocycles. The number of allylic oxidation sites excluding steroid dienone is 1. The van der Waals surface area contributed by atoms with E-state index >= 15 is 0 Å². The van der Waals surface area contributed by atoms with E-state index in [2.05, 4.69) is 56.5 Å². The van der Waals surface area contributed by atoms with Gasteiger partial charge in [-0.3, -0.25) is 4.90 Å². The van der Waals surface area contributed by atoms with Gasteiger partial charge in [0, 0.05) is 58.9 Å². The highest BCUT2D eigenvalue weighted by Gasteiger charge is 2.28. The summed E-state index contributed by atoms with van der Waals surface area (Å²) in [5.74, 6) is 2.45. The highest BCUT2D eigenvalue weighted by molar-refractivity contribution is 5.33. The van der Waals surface area contributed by atoms with Crippen molar-refractivity contribution in [2.45, 2.75) is 39.5 Å². The zero-order valence-electron chi connectivity index (χ0n) is 18.9. The zero-order valence-corrected chi connectivity index (χ0v) is 18.9. The van der Waals surface area contributed by atoms with E-state index in [9.17, 15) is 5.26 Å². The van der Waals surface area contributed by atoms with Gasteiger partial charge in [0.05, 0.1) is 12.6 Å². The second-order valence-electron chi connectivity index (χ2n) is 9.34. The van der Waals surface area contributed by atoms with Crippen LogP contribution in [0.2, 0.25) is 0 Å². The first kappa shape index (κ1) is 22.7. The van der Waals surface area contributed by atoms with Crippen molar-refractivity contribution >= 4 is 0 Å². The van der Waals surface area contributed by atoms with Crippen LogP contribution in [-0.4, -0.2) is 85.0 Å². The van der Waals surface area contributed by atoms with Gasteiger partial charge in [0.2, 0.25) is 0 Å². The van der Waals surface area contributed by atoms with Crippen molar-refractivity contribution in [1.29, 1.82) is 5.26 Å². The maximum Gasteiger partial charge on any atom is 0.300 e. The molecule has 2 unspecified atom stereocenters. The summed E-state index contributed by atoms with van der Waals surface area (Å²) < 4.78 is 0. The van der Waals surface area contributed by atoms with Gasteiger partial charge in [0.25, 0.3) is 0 Å². The summed E-state index contributed by atoms with van der Waals surface area (Å²) in [6.45, 7) is 22.7. The largest absolute Gasteiger partial charge is 0.365 e. The third kappa shape index (κ3) is 6.24. The van der Waals surface area contributed by atoms with E-state index in [1.165, 1.54) is 19.5 Å². The van der Waals surface area contributed by atoms with Crippen molar-refractivity contribution in [3.63, 3.8) is 0 Å². The minimum Gasteiger partial charge on any atom is -0.365 e. The van der Waals surface area contributed by atoms with Gasteiger partial charge < -0.3 is 14.7 Å². The quantitative estimate of drug-likeness (QED) is 0.349. The molecule has 3 aliphatic heterocycles. The lowest BCUT2D eigenvalue weighted by molar-refractivity contribution is 0.136. The van der Waals surface area contributed by atoms with Gasteiger partial charge in [-0.15, -0.1) is 0 Å². The number of nitrogens with zero attached hydrogens (tertiary/aromatic N) is 6. The lowest BCUT2D eigenvalue weighted by Gasteiger charge is -2.35. The molecule has 3 rings (SSSR count). The van der Waals surface area contributed by atoms with Gasteiger partial charge in [-0.05, 0) is 44.1 Å². The minimum atomic E-state index is 0.258. The van der Waals surface area contributed by atoms with Crippen LogP contribution in [0.15, 0.2) is 23.7 Å². The molecule has 0 aromatic rings. The Morgan fingerprint density at radius 2 is 1.63 bits per heavy atom. The Bertz CT molecular complexity index is 673. The van der Waals surface area contributed by atoms with E-state index < -0.39 is 0 Å². The fourth-order valence-corrected chi connectivity index (χ4v) is 5.35. The average molecular weight is 411 g/mol. The van der Waals surface area contributed by atoms with Crippen LogP contribution in [-0.2, 0) is 0 Å². The fraction of sp³-hybridized carbons (Fsp3) is 0.750. The predicted molar refractivity (Wildman–Crippen MR) is 121 cm³/mol. The molecular formula is C24H38N6. The summed E-state index contributed by atoms with van der Waals surface area (Å²) in [7, 11) is 0. The van der Waals surface area contributed by atoms with Crippen molar-refractivity contribution in [3.05, 3.63) is 35.1 Å². The second-order valence-corrected chi connectivity index (χ2v) is 9.34. The number of likely N-dealkylation sites (tertiary alicyclic amines) is 1. The summed E-state index contributed by atoms with van der Waals surface area (Å²) in [6.07, 6.45) is 9.17. The summed E-state index contributed by atoms with van der Waals surface area (Å²) in [5.41, 5.74) is 0.258. The Morgan fingerprint density at radius 3 is 2.17 bits per heavy atom. The van der Waals surface area contributed by atoms with Gasteiger partial charge in [-0.25, -0.2) is 10.1 Å². The van der Waals surface area contributed by atoms with Crippen LogP contribution in [0.5, 0.6) is 0 Å². The predicted octanol–water partition coefficient (Wildman–Crippen LogP) is 3.24. The Balaban J connectivity index is 1.51. The normalized spacial score (nSPS) is 27.2. The van der Waals surface area contributed by atoms with E-state index in [1.54, 1.807) is 0 Å². The molecule has 2 atom stereocenters. The van der Waals surface area contributed by atoms with E-state index in [-0.39, 0.29) is 5.70 Å². The zero-order chi connectivity index (χ0) is 21.3. The molecule has 6 heteroatoms. The maximum absolute atomic E-state index is 9.54. The molecule has 6 nitrogen and oxygen atoms in total. The van der Waals surface area contributed by atoms with E-state index in [0.29, 0.717) is 0 Å². The molecule has 0 aromatic carbocycles. The van der Waals surface area contributed by atoms with Crippen molar-refractivity contribution in [3.8, 4) is 6.07 Å². The first-order chi connectivity index (χ1) is 14.6. The number of hydrogen-bond donors (Lipinski definition) is 0. The SMILES string of the molecule is [C-]#[N+]/C(C#N)=C1\N(CCCN2CC=CCC2)CCN1CCCN1CC(C)CC(C)C1. The van der Waals surface area contributed by atoms with E-state index in [1.807, 2.05) is 0 Å². The summed E-state index contributed by atoms with van der Waals surface area (Å²) in [5, 5.41) is 9.54. The molecule has 0 spiro atoms. The van der Waals surface area contributed by atoms with Gasteiger partial charge in [-0.1, -0.05) is 26.0 Å². The molecule has 0 aliphatic carbocycles. The Morgan fingerprint density at radius 1 is 1.00 bits per heavy atom. The van der Waals surface area contributed by atoms with E-state index in [0.717, 1.165) is 89.3 Å². The molecule has 0 N–H and O–H groups in total. The molecule has 164 valence electrons. The van der Waals surface area contributed by atoms with Crippen molar-refractivity contribution < 1.29 is 0 Å². The maximum atomic E-state index is 9.54. The molecule has 2 saturated heterocycles. The highest BCUT2D eigenvalue weighted by atomic mass is 15.4. The van der Waals surface area contributed by atoms with Crippen LogP contribution in [0.1, 0.15) is 39.5 Å². The van der Waals surface area contributed by atoms with Crippen LogP contribution in [0.4, 0.5) is 0 Å². The average Bonchev–Trinajstić information content (AvgIpc) is 3.12. The Hall–Kier alpha value is -2.02. The molecule has 0 bridgehead atoms. The van der Waals surface area contributed by atoms with Crippen LogP contribution >= 0.6 is 0 Å². The number of rotatable bonds is 8. The highest BCUT2D eigenvalue weighted by Crippen LogP contribution is 2.25. The fourth-order valence-electron chi connectivity index (χ4n) is 5.35. The van der Waals surface area contributed by atoms with Crippen LogP contribution in [0.25, 0.3) is 4.85 Å². The first-order valence-electron chi connectivity index (χ1n) is 11.7. The molecule has 30 heavy (non-hydrogen) atoms. The molecular weight excluding hydrogens is 372 g/mol. The summed E-state index contributed by atoms with van der Waals surface area (Å²) >= 11 is 0. The van der Waals surface area contributed by atoms with Crippen LogP contribution < -0.4 is 0 Å². The number of hydrogen-bond acceptors (Lipinski definition) is 5. The van der Waals surface area contributed by atoms with Crippen LogP contribution in [0, 0.1) is 29.7 Å². The standard InChI is InChI=1S/C24H38N6/c1-21-17-22(2)20-28(19-21)12-8-14-30-16-15-29(24(30)23(18-25)26-3)13-7-11-27-9-5-4-6-10-27/h4-5,21-22H,6-17,19-20H2,1-2H3/b24-23+. The second kappa shape index (κ2) is 11.4. The molecule has 0 radical (unpaired) electrons. The first-order valence-corrected chi connectivity index (χ1v) is 11.7. The third-order valence-corrected chi connectivity index (χ3v) is 6.56. The lowest BCUT2D eigenvalue weighted by atomic mass is 9.92. The lowest BCUT2D eigenvalue weighted by Crippen LogP contribution is -2.40. The van der Waals surface area contributed by atoms with E-state index in [4.69, 9.17) is 6.57 Å². The molecule has 2 fully saturated rings.